The van der Waals surface area contributed by atoms with Gasteiger partial charge in [0.05, 0.1) is 17.7 Å². The van der Waals surface area contributed by atoms with E-state index in [1.165, 1.54) is 24.0 Å². The third-order valence-electron chi connectivity index (χ3n) is 3.06. The number of ether oxygens (including phenoxy) is 1. The number of nitrogens with zero attached hydrogens (tertiary/aromatic N) is 1. The van der Waals surface area contributed by atoms with Gasteiger partial charge in [-0.1, -0.05) is 6.07 Å². The van der Waals surface area contributed by atoms with Gasteiger partial charge in [0.2, 0.25) is 0 Å². The van der Waals surface area contributed by atoms with Crippen molar-refractivity contribution in [3.05, 3.63) is 34.9 Å². The molecule has 0 amide bonds. The van der Waals surface area contributed by atoms with Crippen LogP contribution in [0.25, 0.3) is 0 Å². The van der Waals surface area contributed by atoms with E-state index in [9.17, 15) is 0 Å². The van der Waals surface area contributed by atoms with Gasteiger partial charge < -0.3 is 4.74 Å². The van der Waals surface area contributed by atoms with E-state index >= 15 is 0 Å². The van der Waals surface area contributed by atoms with Crippen LogP contribution in [0.4, 0.5) is 0 Å². The summed E-state index contributed by atoms with van der Waals surface area (Å²) in [7, 11) is 0. The van der Waals surface area contributed by atoms with Gasteiger partial charge in [-0.05, 0) is 43.0 Å². The number of benzene rings is 1. The Hall–Kier alpha value is -0.980. The van der Waals surface area contributed by atoms with Crippen LogP contribution in [0, 0.1) is 18.3 Å². The number of aryl methyl sites for hydroxylation is 1. The maximum atomic E-state index is 8.80. The second-order valence-electron chi connectivity index (χ2n) is 4.40. The van der Waals surface area contributed by atoms with Crippen molar-refractivity contribution < 1.29 is 4.74 Å². The van der Waals surface area contributed by atoms with E-state index in [1.807, 2.05) is 23.9 Å². The molecule has 0 aliphatic carbocycles. The lowest BCUT2D eigenvalue weighted by Gasteiger charge is -2.10. The normalized spacial score (nSPS) is 19.2. The summed E-state index contributed by atoms with van der Waals surface area (Å²) in [4.78, 5) is 0. The molecule has 1 aromatic rings. The molecule has 0 radical (unpaired) electrons. The van der Waals surface area contributed by atoms with Gasteiger partial charge in [0.1, 0.15) is 0 Å². The van der Waals surface area contributed by atoms with Gasteiger partial charge in [-0.25, -0.2) is 0 Å². The van der Waals surface area contributed by atoms with Crippen molar-refractivity contribution in [2.24, 2.45) is 0 Å². The van der Waals surface area contributed by atoms with Crippen LogP contribution in [0.2, 0.25) is 0 Å². The third kappa shape index (κ3) is 3.49. The average molecular weight is 247 g/mol. The number of nitriles is 1. The fourth-order valence-electron chi connectivity index (χ4n) is 2.00. The topological polar surface area (TPSA) is 33.0 Å². The number of hydrogen-bond acceptors (Lipinski definition) is 3. The Morgan fingerprint density at radius 3 is 3.06 bits per heavy atom. The van der Waals surface area contributed by atoms with Gasteiger partial charge in [0.15, 0.2) is 0 Å². The molecule has 17 heavy (non-hydrogen) atoms. The molecule has 1 aromatic carbocycles. The van der Waals surface area contributed by atoms with Crippen LogP contribution in [0.3, 0.4) is 0 Å². The zero-order chi connectivity index (χ0) is 12.1. The molecule has 0 aromatic heterocycles. The lowest BCUT2D eigenvalue weighted by atomic mass is 10.1. The molecule has 1 aliphatic rings. The second kappa shape index (κ2) is 6.09. The van der Waals surface area contributed by atoms with Crippen molar-refractivity contribution in [2.45, 2.75) is 31.6 Å². The third-order valence-corrected chi connectivity index (χ3v) is 4.18. The average Bonchev–Trinajstić information content (AvgIpc) is 2.84. The maximum absolute atomic E-state index is 8.80. The van der Waals surface area contributed by atoms with Gasteiger partial charge >= 0.3 is 0 Å². The predicted octanol–water partition coefficient (Wildman–Crippen LogP) is 3.28. The van der Waals surface area contributed by atoms with Gasteiger partial charge in [0, 0.05) is 18.1 Å². The Labute approximate surface area is 107 Å². The van der Waals surface area contributed by atoms with Crippen molar-refractivity contribution in [3.63, 3.8) is 0 Å². The molecule has 90 valence electrons. The molecule has 1 fully saturated rings. The van der Waals surface area contributed by atoms with Crippen molar-refractivity contribution >= 4 is 11.8 Å². The van der Waals surface area contributed by atoms with Crippen molar-refractivity contribution in [3.8, 4) is 6.07 Å². The Morgan fingerprint density at radius 1 is 1.53 bits per heavy atom. The van der Waals surface area contributed by atoms with E-state index in [-0.39, 0.29) is 0 Å². The van der Waals surface area contributed by atoms with Crippen molar-refractivity contribution in [2.75, 3.05) is 12.4 Å². The lowest BCUT2D eigenvalue weighted by Crippen LogP contribution is -2.08. The van der Waals surface area contributed by atoms with Crippen LogP contribution >= 0.6 is 11.8 Å². The minimum absolute atomic E-state index is 0.457. The fraction of sp³-hybridized carbons (Fsp3) is 0.500. The molecule has 1 saturated heterocycles. The molecule has 0 spiro atoms. The quantitative estimate of drug-likeness (QED) is 0.818. The Balaban J connectivity index is 1.84. The minimum Gasteiger partial charge on any atom is -0.377 e. The van der Waals surface area contributed by atoms with E-state index in [0.717, 1.165) is 23.7 Å². The van der Waals surface area contributed by atoms with Crippen molar-refractivity contribution in [1.82, 2.24) is 0 Å². The van der Waals surface area contributed by atoms with Gasteiger partial charge in [-0.3, -0.25) is 0 Å². The molecule has 1 atom stereocenters. The largest absolute Gasteiger partial charge is 0.377 e. The Bertz CT molecular complexity index is 419. The summed E-state index contributed by atoms with van der Waals surface area (Å²) in [6.45, 7) is 3.00. The van der Waals surface area contributed by atoms with E-state index in [2.05, 4.69) is 19.1 Å². The molecule has 0 N–H and O–H groups in total. The fourth-order valence-corrected chi connectivity index (χ4v) is 3.19. The molecule has 1 unspecified atom stereocenters. The summed E-state index contributed by atoms with van der Waals surface area (Å²) < 4.78 is 5.59. The highest BCUT2D eigenvalue weighted by molar-refractivity contribution is 7.98. The molecule has 3 heteroatoms. The van der Waals surface area contributed by atoms with Gasteiger partial charge in [-0.2, -0.15) is 17.0 Å². The first-order chi connectivity index (χ1) is 8.29. The standard InChI is InChI=1S/C14H17NOS/c1-11-7-12(8-15)4-5-13(11)9-17-10-14-3-2-6-16-14/h4-5,7,14H,2-3,6,9-10H2,1H3. The van der Waals surface area contributed by atoms with Crippen LogP contribution in [0.5, 0.6) is 0 Å². The smallest absolute Gasteiger partial charge is 0.0991 e. The molecular weight excluding hydrogens is 230 g/mol. The Kier molecular flexibility index (Phi) is 4.47. The molecule has 0 bridgehead atoms. The van der Waals surface area contributed by atoms with E-state index in [0.29, 0.717) is 6.10 Å². The van der Waals surface area contributed by atoms with E-state index in [4.69, 9.17) is 10.00 Å². The second-order valence-corrected chi connectivity index (χ2v) is 5.43. The SMILES string of the molecule is Cc1cc(C#N)ccc1CSCC1CCCO1. The predicted molar refractivity (Wildman–Crippen MR) is 71.0 cm³/mol. The molecular formula is C14H17NOS. The highest BCUT2D eigenvalue weighted by Crippen LogP contribution is 2.22. The molecule has 0 saturated carbocycles. The summed E-state index contributed by atoms with van der Waals surface area (Å²) in [6, 6.07) is 8.09. The summed E-state index contributed by atoms with van der Waals surface area (Å²) in [5.41, 5.74) is 3.28. The Morgan fingerprint density at radius 2 is 2.41 bits per heavy atom. The maximum Gasteiger partial charge on any atom is 0.0991 e. The van der Waals surface area contributed by atoms with E-state index in [1.54, 1.807) is 0 Å². The number of thioether (sulfide) groups is 1. The molecule has 1 aliphatic heterocycles. The van der Waals surface area contributed by atoms with Crippen molar-refractivity contribution in [1.29, 1.82) is 5.26 Å². The highest BCUT2D eigenvalue weighted by atomic mass is 32.2. The lowest BCUT2D eigenvalue weighted by molar-refractivity contribution is 0.129. The zero-order valence-electron chi connectivity index (χ0n) is 10.1. The summed E-state index contributed by atoms with van der Waals surface area (Å²) in [6.07, 6.45) is 2.87. The monoisotopic (exact) mass is 247 g/mol. The van der Waals surface area contributed by atoms with Crippen LogP contribution in [0.1, 0.15) is 29.5 Å². The molecule has 1 heterocycles. The van der Waals surface area contributed by atoms with Crippen LogP contribution in [-0.2, 0) is 10.5 Å². The zero-order valence-corrected chi connectivity index (χ0v) is 10.9. The first-order valence-corrected chi connectivity index (χ1v) is 7.14. The van der Waals surface area contributed by atoms with Gasteiger partial charge in [-0.15, -0.1) is 0 Å². The van der Waals surface area contributed by atoms with Gasteiger partial charge in [0.25, 0.3) is 0 Å². The molecule has 2 rings (SSSR count). The first kappa shape index (κ1) is 12.5. The van der Waals surface area contributed by atoms with Crippen LogP contribution in [0.15, 0.2) is 18.2 Å². The summed E-state index contributed by atoms with van der Waals surface area (Å²) >= 11 is 1.92. The summed E-state index contributed by atoms with van der Waals surface area (Å²) in [5.74, 6) is 2.09. The minimum atomic E-state index is 0.457. The molecule has 2 nitrogen and oxygen atoms in total. The van der Waals surface area contributed by atoms with E-state index < -0.39 is 0 Å². The van der Waals surface area contributed by atoms with Crippen LogP contribution in [-0.4, -0.2) is 18.5 Å². The number of rotatable bonds is 4. The highest BCUT2D eigenvalue weighted by Gasteiger charge is 2.15. The number of hydrogen-bond donors (Lipinski definition) is 0. The first-order valence-electron chi connectivity index (χ1n) is 5.98. The summed E-state index contributed by atoms with van der Waals surface area (Å²) in [5, 5.41) is 8.80. The van der Waals surface area contributed by atoms with Crippen LogP contribution < -0.4 is 0 Å².